The number of hydrogen-bond acceptors (Lipinski definition) is 2. The van der Waals surface area contributed by atoms with Gasteiger partial charge in [-0.1, -0.05) is 43.5 Å². The van der Waals surface area contributed by atoms with E-state index in [1.165, 1.54) is 6.08 Å². The van der Waals surface area contributed by atoms with Crippen LogP contribution in [0.2, 0.25) is 0 Å². The van der Waals surface area contributed by atoms with Crippen LogP contribution in [0.4, 0.5) is 0 Å². The summed E-state index contributed by atoms with van der Waals surface area (Å²) in [5.74, 6) is -3.83. The fourth-order valence-electron chi connectivity index (χ4n) is 1.55. The van der Waals surface area contributed by atoms with E-state index in [0.717, 1.165) is 0 Å². The fourth-order valence-corrected chi connectivity index (χ4v) is 1.55. The van der Waals surface area contributed by atoms with Crippen molar-refractivity contribution < 1.29 is 19.8 Å². The molecule has 1 unspecified atom stereocenters. The van der Waals surface area contributed by atoms with Crippen molar-refractivity contribution in [2.45, 2.75) is 5.92 Å². The molecule has 0 amide bonds. The maximum absolute atomic E-state index is 11.2. The summed E-state index contributed by atoms with van der Waals surface area (Å²) < 4.78 is 0. The van der Waals surface area contributed by atoms with E-state index in [4.69, 9.17) is 10.2 Å². The quantitative estimate of drug-likeness (QED) is 0.762. The van der Waals surface area contributed by atoms with Crippen molar-refractivity contribution in [3.63, 3.8) is 0 Å². The van der Waals surface area contributed by atoms with Gasteiger partial charge < -0.3 is 10.2 Å². The van der Waals surface area contributed by atoms with Crippen molar-refractivity contribution in [2.24, 2.45) is 0 Å². The highest BCUT2D eigenvalue weighted by atomic mass is 16.4. The van der Waals surface area contributed by atoms with Crippen LogP contribution in [-0.2, 0) is 9.59 Å². The molecule has 0 fully saturated rings. The predicted octanol–water partition coefficient (Wildman–Crippen LogP) is 2.14. The van der Waals surface area contributed by atoms with E-state index in [0.29, 0.717) is 11.1 Å². The lowest BCUT2D eigenvalue weighted by molar-refractivity contribution is -0.141. The van der Waals surface area contributed by atoms with Crippen LogP contribution in [0.5, 0.6) is 0 Å². The van der Waals surface area contributed by atoms with Gasteiger partial charge in [0.2, 0.25) is 0 Å². The summed E-state index contributed by atoms with van der Waals surface area (Å²) in [7, 11) is 0. The average molecular weight is 232 g/mol. The van der Waals surface area contributed by atoms with Crippen molar-refractivity contribution in [3.05, 3.63) is 54.1 Å². The van der Waals surface area contributed by atoms with Crippen LogP contribution >= 0.6 is 0 Å². The van der Waals surface area contributed by atoms with E-state index >= 15 is 0 Å². The molecular formula is C13H12O4. The summed E-state index contributed by atoms with van der Waals surface area (Å²) in [6.45, 7) is 6.88. The van der Waals surface area contributed by atoms with Gasteiger partial charge in [-0.25, -0.2) is 4.79 Å². The molecule has 0 aliphatic carbocycles. The van der Waals surface area contributed by atoms with Crippen molar-refractivity contribution in [2.75, 3.05) is 0 Å². The van der Waals surface area contributed by atoms with Crippen LogP contribution in [0, 0.1) is 0 Å². The lowest BCUT2D eigenvalue weighted by Gasteiger charge is -2.15. The Bertz CT molecular complexity index is 488. The molecule has 2 N–H and O–H groups in total. The SMILES string of the molecule is C=Cc1ccccc1C(C(=C)C(=O)O)C(=O)O. The standard InChI is InChI=1S/C13H12O4/c1-3-9-6-4-5-7-10(9)11(13(16)17)8(2)12(14)15/h3-7,11H,1-2H2,(H,14,15)(H,16,17). The molecule has 0 saturated carbocycles. The average Bonchev–Trinajstić information content (AvgIpc) is 2.29. The smallest absolute Gasteiger partial charge is 0.332 e. The van der Waals surface area contributed by atoms with Gasteiger partial charge in [-0.05, 0) is 11.1 Å². The summed E-state index contributed by atoms with van der Waals surface area (Å²) in [5, 5.41) is 17.9. The number of carboxylic acids is 2. The molecule has 0 heterocycles. The van der Waals surface area contributed by atoms with Crippen LogP contribution < -0.4 is 0 Å². The summed E-state index contributed by atoms with van der Waals surface area (Å²) in [4.78, 5) is 22.0. The molecule has 1 atom stereocenters. The van der Waals surface area contributed by atoms with Crippen LogP contribution in [0.1, 0.15) is 17.0 Å². The lowest BCUT2D eigenvalue weighted by Crippen LogP contribution is -2.19. The van der Waals surface area contributed by atoms with Gasteiger partial charge in [0.25, 0.3) is 0 Å². The molecule has 4 heteroatoms. The minimum Gasteiger partial charge on any atom is -0.481 e. The molecule has 0 aliphatic rings. The minimum absolute atomic E-state index is 0.369. The van der Waals surface area contributed by atoms with Crippen LogP contribution in [0.15, 0.2) is 43.0 Å². The Hall–Kier alpha value is -2.36. The Labute approximate surface area is 98.5 Å². The number of aliphatic carboxylic acids is 2. The zero-order valence-corrected chi connectivity index (χ0v) is 9.09. The third kappa shape index (κ3) is 2.60. The minimum atomic E-state index is -1.32. The summed E-state index contributed by atoms with van der Waals surface area (Å²) in [6.07, 6.45) is 1.49. The molecule has 17 heavy (non-hydrogen) atoms. The first-order chi connectivity index (χ1) is 7.99. The molecule has 4 nitrogen and oxygen atoms in total. The van der Waals surface area contributed by atoms with E-state index in [9.17, 15) is 9.59 Å². The molecule has 0 saturated heterocycles. The van der Waals surface area contributed by atoms with E-state index in [1.54, 1.807) is 24.3 Å². The van der Waals surface area contributed by atoms with Crippen molar-refractivity contribution in [3.8, 4) is 0 Å². The molecule has 0 bridgehead atoms. The first kappa shape index (κ1) is 12.7. The van der Waals surface area contributed by atoms with Crippen molar-refractivity contribution >= 4 is 18.0 Å². The fraction of sp³-hybridized carbons (Fsp3) is 0.0769. The van der Waals surface area contributed by atoms with Gasteiger partial charge in [-0.15, -0.1) is 0 Å². The second kappa shape index (κ2) is 5.12. The Morgan fingerprint density at radius 2 is 1.82 bits per heavy atom. The van der Waals surface area contributed by atoms with E-state index < -0.39 is 17.9 Å². The molecule has 0 spiro atoms. The monoisotopic (exact) mass is 232 g/mol. The zero-order chi connectivity index (χ0) is 13.0. The Balaban J connectivity index is 3.33. The predicted molar refractivity (Wildman–Crippen MR) is 63.7 cm³/mol. The van der Waals surface area contributed by atoms with Gasteiger partial charge in [-0.2, -0.15) is 0 Å². The Morgan fingerprint density at radius 3 is 2.29 bits per heavy atom. The summed E-state index contributed by atoms with van der Waals surface area (Å²) >= 11 is 0. The molecule has 88 valence electrons. The largest absolute Gasteiger partial charge is 0.481 e. The summed E-state index contributed by atoms with van der Waals surface area (Å²) in [6, 6.07) is 6.60. The van der Waals surface area contributed by atoms with Gasteiger partial charge in [0, 0.05) is 5.57 Å². The van der Waals surface area contributed by atoms with Gasteiger partial charge in [0.1, 0.15) is 5.92 Å². The molecule has 0 radical (unpaired) electrons. The van der Waals surface area contributed by atoms with Crippen molar-refractivity contribution in [1.29, 1.82) is 0 Å². The normalized spacial score (nSPS) is 11.5. The number of benzene rings is 1. The van der Waals surface area contributed by atoms with Gasteiger partial charge in [0.05, 0.1) is 0 Å². The third-order valence-corrected chi connectivity index (χ3v) is 2.40. The van der Waals surface area contributed by atoms with E-state index in [1.807, 2.05) is 0 Å². The second-order valence-electron chi connectivity index (χ2n) is 3.43. The van der Waals surface area contributed by atoms with Crippen LogP contribution in [0.25, 0.3) is 6.08 Å². The molecule has 1 aromatic carbocycles. The number of hydrogen-bond donors (Lipinski definition) is 2. The van der Waals surface area contributed by atoms with Crippen molar-refractivity contribution in [1.82, 2.24) is 0 Å². The van der Waals surface area contributed by atoms with Crippen LogP contribution in [0.3, 0.4) is 0 Å². The first-order valence-electron chi connectivity index (χ1n) is 4.85. The van der Waals surface area contributed by atoms with Crippen LogP contribution in [-0.4, -0.2) is 22.2 Å². The number of carbonyl (C=O) groups is 2. The lowest BCUT2D eigenvalue weighted by atomic mass is 9.88. The number of rotatable bonds is 5. The third-order valence-electron chi connectivity index (χ3n) is 2.40. The molecule has 0 aliphatic heterocycles. The highest BCUT2D eigenvalue weighted by Crippen LogP contribution is 2.27. The highest BCUT2D eigenvalue weighted by molar-refractivity contribution is 5.97. The molecular weight excluding hydrogens is 220 g/mol. The maximum Gasteiger partial charge on any atom is 0.332 e. The maximum atomic E-state index is 11.2. The Morgan fingerprint density at radius 1 is 1.24 bits per heavy atom. The molecule has 1 aromatic rings. The van der Waals surface area contributed by atoms with Gasteiger partial charge >= 0.3 is 11.9 Å². The Kier molecular flexibility index (Phi) is 3.82. The summed E-state index contributed by atoms with van der Waals surface area (Å²) in [5.41, 5.74) is 0.594. The molecule has 1 rings (SSSR count). The first-order valence-corrected chi connectivity index (χ1v) is 4.85. The van der Waals surface area contributed by atoms with E-state index in [2.05, 4.69) is 13.2 Å². The van der Waals surface area contributed by atoms with E-state index in [-0.39, 0.29) is 5.57 Å². The highest BCUT2D eigenvalue weighted by Gasteiger charge is 2.28. The second-order valence-corrected chi connectivity index (χ2v) is 3.43. The van der Waals surface area contributed by atoms with Gasteiger partial charge in [0.15, 0.2) is 0 Å². The number of carboxylic acid groups (broad SMARTS) is 2. The molecule has 0 aromatic heterocycles. The topological polar surface area (TPSA) is 74.6 Å². The zero-order valence-electron chi connectivity index (χ0n) is 9.09. The van der Waals surface area contributed by atoms with Gasteiger partial charge in [-0.3, -0.25) is 4.79 Å².